The van der Waals surface area contributed by atoms with E-state index in [1.807, 2.05) is 49.4 Å². The number of aryl methyl sites for hydroxylation is 1. The third kappa shape index (κ3) is 6.11. The van der Waals surface area contributed by atoms with E-state index in [2.05, 4.69) is 17.1 Å². The van der Waals surface area contributed by atoms with E-state index in [0.29, 0.717) is 38.4 Å². The smallest absolute Gasteiger partial charge is 0.336 e. The molecule has 0 saturated heterocycles. The van der Waals surface area contributed by atoms with Gasteiger partial charge in [-0.1, -0.05) is 42.5 Å². The number of carbonyl (C=O) groups is 1. The summed E-state index contributed by atoms with van der Waals surface area (Å²) >= 11 is 0. The number of aromatic nitrogens is 1. The van der Waals surface area contributed by atoms with E-state index in [9.17, 15) is 9.90 Å². The number of hydrogen-bond acceptors (Lipinski definition) is 4. The largest absolute Gasteiger partial charge is 0.478 e. The maximum Gasteiger partial charge on any atom is 0.336 e. The number of fused-ring (bicyclic) bond motifs is 1. The summed E-state index contributed by atoms with van der Waals surface area (Å²) in [5, 5.41) is 10.5. The zero-order valence-corrected chi connectivity index (χ0v) is 16.8. The molecule has 0 fully saturated rings. The Hall–Kier alpha value is -2.76. The Morgan fingerprint density at radius 3 is 2.55 bits per heavy atom. The number of rotatable bonds is 11. The average molecular weight is 393 g/mol. The summed E-state index contributed by atoms with van der Waals surface area (Å²) in [6.07, 6.45) is 2.43. The van der Waals surface area contributed by atoms with Gasteiger partial charge in [0, 0.05) is 18.6 Å². The molecule has 1 aromatic heterocycles. The molecule has 1 heterocycles. The first-order valence-corrected chi connectivity index (χ1v) is 9.97. The van der Waals surface area contributed by atoms with Gasteiger partial charge in [0.15, 0.2) is 0 Å². The summed E-state index contributed by atoms with van der Waals surface area (Å²) in [5.41, 5.74) is 3.93. The van der Waals surface area contributed by atoms with E-state index in [1.54, 1.807) is 0 Å². The molecule has 0 aliphatic carbocycles. The number of nitrogens with zero attached hydrogens (tertiary/aromatic N) is 1. The first-order chi connectivity index (χ1) is 14.1. The number of benzene rings is 2. The van der Waals surface area contributed by atoms with Crippen LogP contribution in [0.25, 0.3) is 10.9 Å². The number of hydrogen-bond donors (Lipinski definition) is 1. The Morgan fingerprint density at radius 1 is 0.931 bits per heavy atom. The number of ether oxygens (including phenoxy) is 2. The van der Waals surface area contributed by atoms with Gasteiger partial charge in [0.05, 0.1) is 30.0 Å². The molecule has 3 aromatic rings. The molecule has 0 spiro atoms. The van der Waals surface area contributed by atoms with Crippen LogP contribution in [0.4, 0.5) is 0 Å². The molecule has 0 atom stereocenters. The summed E-state index contributed by atoms with van der Waals surface area (Å²) in [6, 6.07) is 17.7. The third-order valence-corrected chi connectivity index (χ3v) is 4.82. The average Bonchev–Trinajstić information content (AvgIpc) is 2.72. The first-order valence-electron chi connectivity index (χ1n) is 9.97. The fourth-order valence-corrected chi connectivity index (χ4v) is 3.30. The lowest BCUT2D eigenvalue weighted by atomic mass is 10.00. The van der Waals surface area contributed by atoms with Gasteiger partial charge in [0.1, 0.15) is 0 Å². The highest BCUT2D eigenvalue weighted by atomic mass is 16.5. The molecular weight excluding hydrogens is 366 g/mol. The van der Waals surface area contributed by atoms with Crippen molar-refractivity contribution in [3.63, 3.8) is 0 Å². The van der Waals surface area contributed by atoms with Crippen molar-refractivity contribution in [1.29, 1.82) is 0 Å². The molecule has 29 heavy (non-hydrogen) atoms. The molecule has 0 amide bonds. The second kappa shape index (κ2) is 10.7. The molecule has 0 unspecified atom stereocenters. The molecule has 0 aliphatic rings. The predicted octanol–water partition coefficient (Wildman–Crippen LogP) is 4.80. The molecule has 2 aromatic carbocycles. The SMILES string of the molecule is Cc1cccc(CCOCCCCOCc2ccc3ccccc3n2)c1C(=O)O. The van der Waals surface area contributed by atoms with E-state index in [1.165, 1.54) is 0 Å². The second-order valence-electron chi connectivity index (χ2n) is 7.03. The Kier molecular flexibility index (Phi) is 7.73. The predicted molar refractivity (Wildman–Crippen MR) is 113 cm³/mol. The zero-order chi connectivity index (χ0) is 20.5. The maximum absolute atomic E-state index is 11.4. The highest BCUT2D eigenvalue weighted by Gasteiger charge is 2.12. The molecule has 0 saturated carbocycles. The standard InChI is InChI=1S/C24H27NO4/c1-18-7-6-9-20(23(18)24(26)27)13-16-28-14-4-5-15-29-17-21-12-11-19-8-2-3-10-22(19)25-21/h2-3,6-12H,4-5,13-17H2,1H3,(H,26,27). The van der Waals surface area contributed by atoms with Gasteiger partial charge in [-0.05, 0) is 49.4 Å². The fourth-order valence-electron chi connectivity index (χ4n) is 3.30. The number of para-hydroxylation sites is 1. The number of carboxylic acid groups (broad SMARTS) is 1. The van der Waals surface area contributed by atoms with Crippen LogP contribution in [0.5, 0.6) is 0 Å². The number of carboxylic acids is 1. The number of unbranched alkanes of at least 4 members (excludes halogenated alkanes) is 1. The van der Waals surface area contributed by atoms with Crippen LogP contribution in [0.15, 0.2) is 54.6 Å². The summed E-state index contributed by atoms with van der Waals surface area (Å²) in [6.45, 7) is 4.16. The van der Waals surface area contributed by atoms with Gasteiger partial charge >= 0.3 is 5.97 Å². The van der Waals surface area contributed by atoms with E-state index < -0.39 is 5.97 Å². The summed E-state index contributed by atoms with van der Waals surface area (Å²) in [7, 11) is 0. The van der Waals surface area contributed by atoms with E-state index >= 15 is 0 Å². The Balaban J connectivity index is 1.29. The summed E-state index contributed by atoms with van der Waals surface area (Å²) in [5.74, 6) is -0.879. The third-order valence-electron chi connectivity index (χ3n) is 4.82. The zero-order valence-electron chi connectivity index (χ0n) is 16.8. The van der Waals surface area contributed by atoms with E-state index in [0.717, 1.165) is 40.6 Å². The van der Waals surface area contributed by atoms with Crippen LogP contribution in [0.2, 0.25) is 0 Å². The van der Waals surface area contributed by atoms with Crippen LogP contribution in [0, 0.1) is 6.92 Å². The van der Waals surface area contributed by atoms with Crippen LogP contribution < -0.4 is 0 Å². The van der Waals surface area contributed by atoms with Crippen molar-refractivity contribution in [2.75, 3.05) is 19.8 Å². The van der Waals surface area contributed by atoms with Gasteiger partial charge in [0.25, 0.3) is 0 Å². The highest BCUT2D eigenvalue weighted by Crippen LogP contribution is 2.15. The minimum absolute atomic E-state index is 0.395. The van der Waals surface area contributed by atoms with Gasteiger partial charge in [0.2, 0.25) is 0 Å². The van der Waals surface area contributed by atoms with Gasteiger partial charge in [-0.25, -0.2) is 4.79 Å². The van der Waals surface area contributed by atoms with E-state index in [4.69, 9.17) is 9.47 Å². The van der Waals surface area contributed by atoms with Crippen LogP contribution in [-0.4, -0.2) is 35.9 Å². The summed E-state index contributed by atoms with van der Waals surface area (Å²) < 4.78 is 11.4. The highest BCUT2D eigenvalue weighted by molar-refractivity contribution is 5.91. The topological polar surface area (TPSA) is 68.7 Å². The molecule has 0 aliphatic heterocycles. The molecule has 152 valence electrons. The lowest BCUT2D eigenvalue weighted by Gasteiger charge is -2.09. The normalized spacial score (nSPS) is 11.1. The van der Waals surface area contributed by atoms with Crippen LogP contribution in [0.3, 0.4) is 0 Å². The second-order valence-corrected chi connectivity index (χ2v) is 7.03. The first kappa shape index (κ1) is 21.0. The number of pyridine rings is 1. The molecule has 0 bridgehead atoms. The fraction of sp³-hybridized carbons (Fsp3) is 0.333. The van der Waals surface area contributed by atoms with Crippen molar-refractivity contribution >= 4 is 16.9 Å². The van der Waals surface area contributed by atoms with Crippen LogP contribution in [0.1, 0.15) is 40.0 Å². The Labute approximate surface area is 171 Å². The van der Waals surface area contributed by atoms with Gasteiger partial charge in [-0.3, -0.25) is 4.98 Å². The van der Waals surface area contributed by atoms with Gasteiger partial charge < -0.3 is 14.6 Å². The minimum atomic E-state index is -0.879. The van der Waals surface area contributed by atoms with Gasteiger partial charge in [-0.2, -0.15) is 0 Å². The molecule has 3 rings (SSSR count). The summed E-state index contributed by atoms with van der Waals surface area (Å²) in [4.78, 5) is 16.0. The van der Waals surface area contributed by atoms with Crippen molar-refractivity contribution < 1.29 is 19.4 Å². The Morgan fingerprint density at radius 2 is 1.72 bits per heavy atom. The molecular formula is C24H27NO4. The Bertz CT molecular complexity index is 955. The van der Waals surface area contributed by atoms with Crippen molar-refractivity contribution in [2.45, 2.75) is 32.8 Å². The van der Waals surface area contributed by atoms with Crippen molar-refractivity contribution in [3.8, 4) is 0 Å². The monoisotopic (exact) mass is 393 g/mol. The lowest BCUT2D eigenvalue weighted by molar-refractivity contribution is 0.0693. The van der Waals surface area contributed by atoms with Crippen LogP contribution in [-0.2, 0) is 22.5 Å². The molecule has 5 nitrogen and oxygen atoms in total. The lowest BCUT2D eigenvalue weighted by Crippen LogP contribution is -2.08. The number of aromatic carboxylic acids is 1. The minimum Gasteiger partial charge on any atom is -0.478 e. The quantitative estimate of drug-likeness (QED) is 0.474. The molecule has 1 N–H and O–H groups in total. The van der Waals surface area contributed by atoms with E-state index in [-0.39, 0.29) is 0 Å². The van der Waals surface area contributed by atoms with Crippen LogP contribution >= 0.6 is 0 Å². The van der Waals surface area contributed by atoms with Crippen molar-refractivity contribution in [1.82, 2.24) is 4.98 Å². The van der Waals surface area contributed by atoms with Crippen molar-refractivity contribution in [2.24, 2.45) is 0 Å². The van der Waals surface area contributed by atoms with Gasteiger partial charge in [-0.15, -0.1) is 0 Å². The molecule has 0 radical (unpaired) electrons. The molecule has 5 heteroatoms. The van der Waals surface area contributed by atoms with Crippen molar-refractivity contribution in [3.05, 3.63) is 77.0 Å². The maximum atomic E-state index is 11.4.